The molecule has 0 radical (unpaired) electrons. The molecule has 8 rings (SSSR count). The van der Waals surface area contributed by atoms with Crippen LogP contribution in [0.15, 0.2) is 36.5 Å². The topological polar surface area (TPSA) is 93.1 Å². The average Bonchev–Trinajstić information content (AvgIpc) is 3.48. The number of benzene rings is 2. The van der Waals surface area contributed by atoms with Crippen LogP contribution < -0.4 is 9.64 Å². The molecule has 11 heteroatoms. The van der Waals surface area contributed by atoms with Crippen molar-refractivity contribution in [1.29, 1.82) is 0 Å². The summed E-state index contributed by atoms with van der Waals surface area (Å²) in [5.74, 6) is 0.147. The second-order valence-electron chi connectivity index (χ2n) is 15.1. The normalized spacial score (nSPS) is 25.6. The van der Waals surface area contributed by atoms with Crippen LogP contribution >= 0.6 is 0 Å². The van der Waals surface area contributed by atoms with Crippen LogP contribution in [0.25, 0.3) is 32.9 Å². The molecule has 51 heavy (non-hydrogen) atoms. The van der Waals surface area contributed by atoms with Gasteiger partial charge in [0.15, 0.2) is 5.82 Å². The number of aliphatic hydroxyl groups excluding tert-OH is 1. The Balaban J connectivity index is 1.18. The van der Waals surface area contributed by atoms with E-state index in [1.54, 1.807) is 18.3 Å². The lowest BCUT2D eigenvalue weighted by Crippen LogP contribution is -2.56. The van der Waals surface area contributed by atoms with Crippen molar-refractivity contribution in [3.8, 4) is 17.3 Å². The molecule has 4 aliphatic rings. The van der Waals surface area contributed by atoms with Gasteiger partial charge in [0.2, 0.25) is 0 Å². The zero-order valence-electron chi connectivity index (χ0n) is 29.8. The van der Waals surface area contributed by atoms with Crippen molar-refractivity contribution in [2.24, 2.45) is 11.3 Å². The Morgan fingerprint density at radius 2 is 1.86 bits per heavy atom. The minimum absolute atomic E-state index is 0.0334. The van der Waals surface area contributed by atoms with Crippen LogP contribution in [-0.4, -0.2) is 95.8 Å². The van der Waals surface area contributed by atoms with E-state index in [1.165, 1.54) is 6.07 Å². The van der Waals surface area contributed by atoms with E-state index in [0.29, 0.717) is 71.9 Å². The Bertz CT molecular complexity index is 1890. The molecule has 4 aromatic rings. The quantitative estimate of drug-likeness (QED) is 0.215. The van der Waals surface area contributed by atoms with Gasteiger partial charge in [0, 0.05) is 55.6 Å². The molecule has 0 bridgehead atoms. The SMILES string of the molecule is CCc1c(F)ccc2cccc(-c3ncc4c(N5CCOCC(O)C5)nc(OCC56CCCC5N(C(C)C5CCOCC5)CCC6)nc4c3F)c12. The van der Waals surface area contributed by atoms with Gasteiger partial charge < -0.3 is 24.2 Å². The number of likely N-dealkylation sites (tertiary alicyclic amines) is 1. The van der Waals surface area contributed by atoms with Gasteiger partial charge in [0.25, 0.3) is 0 Å². The summed E-state index contributed by atoms with van der Waals surface area (Å²) >= 11 is 0. The minimum atomic E-state index is -0.735. The van der Waals surface area contributed by atoms with Crippen molar-refractivity contribution in [1.82, 2.24) is 19.9 Å². The first-order valence-corrected chi connectivity index (χ1v) is 18.9. The molecule has 4 atom stereocenters. The number of anilines is 1. The number of pyridine rings is 1. The van der Waals surface area contributed by atoms with Gasteiger partial charge in [-0.25, -0.2) is 8.78 Å². The summed E-state index contributed by atoms with van der Waals surface area (Å²) in [5, 5.41) is 12.5. The van der Waals surface area contributed by atoms with E-state index in [4.69, 9.17) is 24.2 Å². The molecule has 4 unspecified atom stereocenters. The van der Waals surface area contributed by atoms with Crippen LogP contribution in [0, 0.1) is 23.0 Å². The fourth-order valence-corrected chi connectivity index (χ4v) is 9.58. The maximum Gasteiger partial charge on any atom is 0.319 e. The summed E-state index contributed by atoms with van der Waals surface area (Å²) in [6.45, 7) is 8.85. The number of piperidine rings is 1. The summed E-state index contributed by atoms with van der Waals surface area (Å²) < 4.78 is 50.0. The number of ether oxygens (including phenoxy) is 3. The van der Waals surface area contributed by atoms with Gasteiger partial charge in [-0.05, 0) is 86.7 Å². The van der Waals surface area contributed by atoms with Gasteiger partial charge in [-0.2, -0.15) is 9.97 Å². The number of β-amino-alcohol motifs (C(OH)–C–C–N with tert-alkyl or cyclic N) is 1. The molecular formula is C40H49F2N5O4. The number of hydrogen-bond acceptors (Lipinski definition) is 9. The molecule has 3 saturated heterocycles. The van der Waals surface area contributed by atoms with E-state index in [-0.39, 0.29) is 41.6 Å². The lowest BCUT2D eigenvalue weighted by Gasteiger charge is -2.50. The molecule has 1 aliphatic carbocycles. The number of hydrogen-bond donors (Lipinski definition) is 1. The molecule has 2 aromatic heterocycles. The Morgan fingerprint density at radius 3 is 2.71 bits per heavy atom. The zero-order valence-corrected chi connectivity index (χ0v) is 29.8. The third kappa shape index (κ3) is 6.44. The maximum absolute atomic E-state index is 17.0. The number of fused-ring (bicyclic) bond motifs is 3. The second-order valence-corrected chi connectivity index (χ2v) is 15.1. The lowest BCUT2D eigenvalue weighted by molar-refractivity contribution is -0.0471. The van der Waals surface area contributed by atoms with Gasteiger partial charge in [0.1, 0.15) is 22.8 Å². The monoisotopic (exact) mass is 701 g/mol. The van der Waals surface area contributed by atoms with Crippen molar-refractivity contribution in [3.63, 3.8) is 0 Å². The number of aromatic nitrogens is 3. The van der Waals surface area contributed by atoms with Crippen molar-refractivity contribution >= 4 is 27.5 Å². The van der Waals surface area contributed by atoms with E-state index in [0.717, 1.165) is 70.1 Å². The van der Waals surface area contributed by atoms with Crippen LogP contribution in [0.2, 0.25) is 0 Å². The molecule has 9 nitrogen and oxygen atoms in total. The molecule has 2 aromatic carbocycles. The van der Waals surface area contributed by atoms with Crippen molar-refractivity contribution in [2.45, 2.75) is 83.4 Å². The molecule has 1 saturated carbocycles. The Morgan fingerprint density at radius 1 is 1.02 bits per heavy atom. The predicted molar refractivity (Wildman–Crippen MR) is 193 cm³/mol. The van der Waals surface area contributed by atoms with Gasteiger partial charge in [0.05, 0.1) is 31.3 Å². The number of aryl methyl sites for hydroxylation is 1. The summed E-state index contributed by atoms with van der Waals surface area (Å²) in [4.78, 5) is 18.9. The first-order chi connectivity index (χ1) is 24.9. The smallest absolute Gasteiger partial charge is 0.319 e. The van der Waals surface area contributed by atoms with E-state index < -0.39 is 11.9 Å². The Hall–Kier alpha value is -3.51. The third-order valence-electron chi connectivity index (χ3n) is 12.2. The first-order valence-electron chi connectivity index (χ1n) is 18.9. The number of aliphatic hydroxyl groups is 1. The number of nitrogens with zero attached hydrogens (tertiary/aromatic N) is 5. The van der Waals surface area contributed by atoms with Gasteiger partial charge >= 0.3 is 6.01 Å². The molecule has 3 aliphatic heterocycles. The number of rotatable bonds is 8. The lowest BCUT2D eigenvalue weighted by atomic mass is 9.74. The van der Waals surface area contributed by atoms with E-state index >= 15 is 8.78 Å². The summed E-state index contributed by atoms with van der Waals surface area (Å²) in [7, 11) is 0. The standard InChI is InChI=1S/C40H49F2N5O4/c1-3-29-32(41)11-10-27-7-4-8-30(34(27)29)36-35(42)37-31(21-43-36)38(46-17-20-50-23-28(48)22-46)45-39(44-37)51-24-40-14-5-9-33(40)47(16-6-15-40)25(2)26-12-18-49-19-13-26/h4,7-8,10-11,21,25-26,28,33,48H,3,5-6,9,12-20,22-24H2,1-2H3. The summed E-state index contributed by atoms with van der Waals surface area (Å²) in [5.41, 5.74) is 1.19. The van der Waals surface area contributed by atoms with Gasteiger partial charge in [-0.3, -0.25) is 9.88 Å². The highest BCUT2D eigenvalue weighted by Crippen LogP contribution is 2.49. The fourth-order valence-electron chi connectivity index (χ4n) is 9.58. The predicted octanol–water partition coefficient (Wildman–Crippen LogP) is 6.71. The van der Waals surface area contributed by atoms with Crippen LogP contribution in [0.4, 0.5) is 14.6 Å². The second kappa shape index (κ2) is 14.5. The average molecular weight is 702 g/mol. The van der Waals surface area contributed by atoms with Crippen LogP contribution in [-0.2, 0) is 15.9 Å². The van der Waals surface area contributed by atoms with Crippen LogP contribution in [0.5, 0.6) is 6.01 Å². The number of halogens is 2. The van der Waals surface area contributed by atoms with Crippen molar-refractivity contribution < 1.29 is 28.1 Å². The fraction of sp³-hybridized carbons (Fsp3) is 0.575. The first kappa shape index (κ1) is 34.6. The van der Waals surface area contributed by atoms with Crippen molar-refractivity contribution in [3.05, 3.63) is 53.7 Å². The van der Waals surface area contributed by atoms with Gasteiger partial charge in [-0.15, -0.1) is 0 Å². The molecule has 5 heterocycles. The summed E-state index contributed by atoms with van der Waals surface area (Å²) in [6, 6.07) is 9.72. The van der Waals surface area contributed by atoms with Crippen molar-refractivity contribution in [2.75, 3.05) is 57.6 Å². The molecular weight excluding hydrogens is 652 g/mol. The van der Waals surface area contributed by atoms with E-state index in [1.807, 2.05) is 24.0 Å². The molecule has 272 valence electrons. The Kier molecular flexibility index (Phi) is 9.82. The third-order valence-corrected chi connectivity index (χ3v) is 12.2. The maximum atomic E-state index is 17.0. The largest absolute Gasteiger partial charge is 0.463 e. The highest BCUT2D eigenvalue weighted by molar-refractivity contribution is 6.00. The summed E-state index contributed by atoms with van der Waals surface area (Å²) in [6.07, 6.45) is 9.07. The molecule has 4 fully saturated rings. The highest BCUT2D eigenvalue weighted by atomic mass is 19.1. The highest BCUT2D eigenvalue weighted by Gasteiger charge is 2.50. The minimum Gasteiger partial charge on any atom is -0.463 e. The molecule has 0 spiro atoms. The van der Waals surface area contributed by atoms with E-state index in [2.05, 4.69) is 16.8 Å². The molecule has 1 N–H and O–H groups in total. The van der Waals surface area contributed by atoms with E-state index in [9.17, 15) is 5.11 Å². The van der Waals surface area contributed by atoms with Crippen LogP contribution in [0.1, 0.15) is 64.4 Å². The zero-order chi connectivity index (χ0) is 35.1. The van der Waals surface area contributed by atoms with Crippen LogP contribution in [0.3, 0.4) is 0 Å². The Labute approximate surface area is 298 Å². The van der Waals surface area contributed by atoms with Gasteiger partial charge in [-0.1, -0.05) is 37.6 Å². The molecule has 0 amide bonds.